The molecule has 0 aromatic carbocycles. The van der Waals surface area contributed by atoms with Crippen molar-refractivity contribution in [1.82, 2.24) is 9.55 Å². The van der Waals surface area contributed by atoms with E-state index in [1.165, 1.54) is 32.1 Å². The van der Waals surface area contributed by atoms with Gasteiger partial charge in [-0.1, -0.05) is 19.8 Å². The van der Waals surface area contributed by atoms with E-state index in [1.54, 1.807) is 6.07 Å². The Morgan fingerprint density at radius 2 is 2.19 bits per heavy atom. The lowest BCUT2D eigenvalue weighted by Crippen LogP contribution is -2.24. The molecule has 16 heavy (non-hydrogen) atoms. The number of aromatic amines is 1. The summed E-state index contributed by atoms with van der Waals surface area (Å²) in [5, 5.41) is 0. The molecule has 1 aromatic heterocycles. The quantitative estimate of drug-likeness (QED) is 0.822. The van der Waals surface area contributed by atoms with E-state index in [4.69, 9.17) is 12.2 Å². The fourth-order valence-corrected chi connectivity index (χ4v) is 2.90. The number of nitrogens with zero attached hydrogens (tertiary/aromatic N) is 1. The second-order valence-corrected chi connectivity index (χ2v) is 5.19. The summed E-state index contributed by atoms with van der Waals surface area (Å²) in [7, 11) is 0. The van der Waals surface area contributed by atoms with E-state index in [-0.39, 0.29) is 5.56 Å². The molecule has 0 atom stereocenters. The molecule has 1 aliphatic carbocycles. The Balaban J connectivity index is 2.26. The molecule has 1 N–H and O–H groups in total. The Kier molecular flexibility index (Phi) is 3.28. The van der Waals surface area contributed by atoms with Crippen LogP contribution in [0.15, 0.2) is 17.1 Å². The zero-order chi connectivity index (χ0) is 11.6. The molecule has 4 heteroatoms. The average Bonchev–Trinajstić information content (AvgIpc) is 2.72. The van der Waals surface area contributed by atoms with Crippen LogP contribution in [0, 0.1) is 10.2 Å². The van der Waals surface area contributed by atoms with Crippen molar-refractivity contribution in [2.24, 2.45) is 5.41 Å². The lowest BCUT2D eigenvalue weighted by Gasteiger charge is -2.28. The van der Waals surface area contributed by atoms with Gasteiger partial charge in [0.15, 0.2) is 4.77 Å². The molecule has 0 aliphatic heterocycles. The second kappa shape index (κ2) is 4.53. The van der Waals surface area contributed by atoms with Gasteiger partial charge in [-0.2, -0.15) is 0 Å². The van der Waals surface area contributed by atoms with Crippen LogP contribution in [0.3, 0.4) is 0 Å². The summed E-state index contributed by atoms with van der Waals surface area (Å²) < 4.78 is 2.55. The van der Waals surface area contributed by atoms with Gasteiger partial charge >= 0.3 is 0 Å². The molecule has 1 heterocycles. The first-order valence-corrected chi connectivity index (χ1v) is 6.36. The number of aromatic nitrogens is 2. The molecule has 2 rings (SSSR count). The minimum atomic E-state index is -0.113. The largest absolute Gasteiger partial charge is 0.325 e. The lowest BCUT2D eigenvalue weighted by atomic mass is 9.83. The van der Waals surface area contributed by atoms with Gasteiger partial charge in [-0.3, -0.25) is 9.78 Å². The Labute approximate surface area is 101 Å². The van der Waals surface area contributed by atoms with Crippen molar-refractivity contribution in [3.8, 4) is 0 Å². The van der Waals surface area contributed by atoms with E-state index in [9.17, 15) is 4.79 Å². The van der Waals surface area contributed by atoms with Crippen molar-refractivity contribution in [3.63, 3.8) is 0 Å². The molecule has 1 fully saturated rings. The summed E-state index contributed by atoms with van der Waals surface area (Å²) >= 11 is 5.18. The van der Waals surface area contributed by atoms with Gasteiger partial charge < -0.3 is 4.57 Å². The van der Waals surface area contributed by atoms with Crippen LogP contribution < -0.4 is 5.56 Å². The van der Waals surface area contributed by atoms with Gasteiger partial charge in [-0.05, 0) is 36.9 Å². The van der Waals surface area contributed by atoms with Gasteiger partial charge in [-0.25, -0.2) is 0 Å². The molecule has 1 aromatic rings. The van der Waals surface area contributed by atoms with E-state index in [0.717, 1.165) is 6.54 Å². The number of hydrogen-bond acceptors (Lipinski definition) is 2. The fraction of sp³-hybridized carbons (Fsp3) is 0.667. The van der Waals surface area contributed by atoms with Gasteiger partial charge in [0.05, 0.1) is 0 Å². The average molecular weight is 238 g/mol. The van der Waals surface area contributed by atoms with Gasteiger partial charge in [0.1, 0.15) is 0 Å². The van der Waals surface area contributed by atoms with Crippen LogP contribution in [0.25, 0.3) is 0 Å². The molecule has 3 nitrogen and oxygen atoms in total. The van der Waals surface area contributed by atoms with Gasteiger partial charge in [0.2, 0.25) is 0 Å². The fourth-order valence-electron chi connectivity index (χ4n) is 2.68. The zero-order valence-corrected chi connectivity index (χ0v) is 10.5. The third-order valence-corrected chi connectivity index (χ3v) is 4.15. The van der Waals surface area contributed by atoms with Crippen molar-refractivity contribution >= 4 is 12.2 Å². The van der Waals surface area contributed by atoms with E-state index in [1.807, 2.05) is 10.8 Å². The van der Waals surface area contributed by atoms with Crippen LogP contribution in [0.5, 0.6) is 0 Å². The maximum atomic E-state index is 11.1. The third kappa shape index (κ3) is 2.26. The molecule has 0 unspecified atom stereocenters. The summed E-state index contributed by atoms with van der Waals surface area (Å²) in [4.78, 5) is 13.8. The molecular formula is C12H18N2OS. The Bertz CT molecular complexity index is 468. The highest BCUT2D eigenvalue weighted by Gasteiger charge is 2.32. The van der Waals surface area contributed by atoms with Crippen LogP contribution in [-0.4, -0.2) is 9.55 Å². The van der Waals surface area contributed by atoms with Crippen molar-refractivity contribution in [2.75, 3.05) is 0 Å². The highest BCUT2D eigenvalue weighted by Crippen LogP contribution is 2.42. The molecule has 0 radical (unpaired) electrons. The number of hydrogen-bond donors (Lipinski definition) is 1. The van der Waals surface area contributed by atoms with Crippen molar-refractivity contribution in [3.05, 3.63) is 27.4 Å². The summed E-state index contributed by atoms with van der Waals surface area (Å²) in [6.07, 6.45) is 8.22. The zero-order valence-electron chi connectivity index (χ0n) is 9.66. The first kappa shape index (κ1) is 11.6. The molecule has 1 aliphatic rings. The predicted molar refractivity (Wildman–Crippen MR) is 67.1 cm³/mol. The Morgan fingerprint density at radius 1 is 1.50 bits per heavy atom. The normalized spacial score (nSPS) is 18.8. The predicted octanol–water partition coefficient (Wildman–Crippen LogP) is 2.88. The van der Waals surface area contributed by atoms with E-state index in [2.05, 4.69) is 11.9 Å². The highest BCUT2D eigenvalue weighted by atomic mass is 32.1. The monoisotopic (exact) mass is 238 g/mol. The first-order chi connectivity index (χ1) is 7.65. The van der Waals surface area contributed by atoms with Crippen molar-refractivity contribution < 1.29 is 0 Å². The molecule has 1 saturated carbocycles. The SMILES string of the molecule is CCC1(Cn2ccc(=O)[nH]c2=S)CCCC1. The minimum absolute atomic E-state index is 0.113. The topological polar surface area (TPSA) is 37.8 Å². The minimum Gasteiger partial charge on any atom is -0.325 e. The molecule has 0 amide bonds. The number of H-pyrrole nitrogens is 1. The van der Waals surface area contributed by atoms with Gasteiger partial charge in [0, 0.05) is 18.8 Å². The smallest absolute Gasteiger partial charge is 0.251 e. The van der Waals surface area contributed by atoms with Crippen LogP contribution >= 0.6 is 12.2 Å². The van der Waals surface area contributed by atoms with E-state index < -0.39 is 0 Å². The van der Waals surface area contributed by atoms with Crippen LogP contribution in [-0.2, 0) is 6.54 Å². The van der Waals surface area contributed by atoms with Crippen molar-refractivity contribution in [2.45, 2.75) is 45.6 Å². The summed E-state index contributed by atoms with van der Waals surface area (Å²) in [5.74, 6) is 0. The van der Waals surface area contributed by atoms with Crippen LogP contribution in [0.1, 0.15) is 39.0 Å². The number of nitrogens with one attached hydrogen (secondary N) is 1. The molecular weight excluding hydrogens is 220 g/mol. The molecule has 0 bridgehead atoms. The summed E-state index contributed by atoms with van der Waals surface area (Å²) in [5.41, 5.74) is 0.287. The highest BCUT2D eigenvalue weighted by molar-refractivity contribution is 7.71. The Morgan fingerprint density at radius 3 is 2.75 bits per heavy atom. The second-order valence-electron chi connectivity index (χ2n) is 4.80. The maximum absolute atomic E-state index is 11.1. The van der Waals surface area contributed by atoms with Crippen LogP contribution in [0.4, 0.5) is 0 Å². The van der Waals surface area contributed by atoms with E-state index >= 15 is 0 Å². The third-order valence-electron chi connectivity index (χ3n) is 3.82. The molecule has 88 valence electrons. The molecule has 0 spiro atoms. The Hall–Kier alpha value is -0.900. The summed E-state index contributed by atoms with van der Waals surface area (Å²) in [6, 6.07) is 1.55. The summed E-state index contributed by atoms with van der Waals surface area (Å²) in [6.45, 7) is 3.19. The maximum Gasteiger partial charge on any atom is 0.251 e. The molecule has 0 saturated heterocycles. The van der Waals surface area contributed by atoms with E-state index in [0.29, 0.717) is 10.2 Å². The van der Waals surface area contributed by atoms with Crippen LogP contribution in [0.2, 0.25) is 0 Å². The van der Waals surface area contributed by atoms with Gasteiger partial charge in [-0.15, -0.1) is 0 Å². The lowest BCUT2D eigenvalue weighted by molar-refractivity contribution is 0.234. The standard InChI is InChI=1S/C12H18N2OS/c1-2-12(6-3-4-7-12)9-14-8-5-10(15)13-11(14)16/h5,8H,2-4,6-7,9H2,1H3,(H,13,15,16). The number of rotatable bonds is 3. The van der Waals surface area contributed by atoms with Gasteiger partial charge in [0.25, 0.3) is 5.56 Å². The van der Waals surface area contributed by atoms with Crippen molar-refractivity contribution in [1.29, 1.82) is 0 Å². The first-order valence-electron chi connectivity index (χ1n) is 5.95.